The normalized spacial score (nSPS) is 14.1. The highest BCUT2D eigenvalue weighted by Gasteiger charge is 2.28. The number of hydrogen-bond donors (Lipinski definition) is 0. The molecule has 1 fully saturated rings. The van der Waals surface area contributed by atoms with Crippen LogP contribution in [0, 0.1) is 6.92 Å². The molecule has 8 heteroatoms. The smallest absolute Gasteiger partial charge is 0.268 e. The average Bonchev–Trinajstić information content (AvgIpc) is 3.26. The Morgan fingerprint density at radius 1 is 1.07 bits per heavy atom. The van der Waals surface area contributed by atoms with Crippen molar-refractivity contribution in [3.05, 3.63) is 68.6 Å². The van der Waals surface area contributed by atoms with Crippen molar-refractivity contribution in [2.45, 2.75) is 32.1 Å². The SMILES string of the molecule is Cc1c(-c2nnc(C3CCC3)o2)nc(-c2ccc(Cl)cc2Cl)n1-c1ccc(Br)cc1. The Bertz CT molecular complexity index is 1230. The van der Waals surface area contributed by atoms with Crippen LogP contribution >= 0.6 is 39.1 Å². The maximum Gasteiger partial charge on any atom is 0.268 e. The van der Waals surface area contributed by atoms with E-state index in [1.807, 2.05) is 41.8 Å². The van der Waals surface area contributed by atoms with Crippen molar-refractivity contribution < 1.29 is 4.42 Å². The zero-order chi connectivity index (χ0) is 20.8. The van der Waals surface area contributed by atoms with E-state index in [2.05, 4.69) is 26.1 Å². The second kappa shape index (κ2) is 7.84. The highest BCUT2D eigenvalue weighted by atomic mass is 79.9. The van der Waals surface area contributed by atoms with Gasteiger partial charge in [-0.3, -0.25) is 4.57 Å². The molecule has 1 aliphatic rings. The molecular weight excluding hydrogens is 487 g/mol. The van der Waals surface area contributed by atoms with Gasteiger partial charge in [-0.1, -0.05) is 45.6 Å². The summed E-state index contributed by atoms with van der Waals surface area (Å²) in [6.45, 7) is 1.99. The molecule has 0 unspecified atom stereocenters. The van der Waals surface area contributed by atoms with E-state index in [1.54, 1.807) is 12.1 Å². The minimum Gasteiger partial charge on any atom is -0.419 e. The van der Waals surface area contributed by atoms with Crippen LogP contribution in [0.5, 0.6) is 0 Å². The summed E-state index contributed by atoms with van der Waals surface area (Å²) in [6.07, 6.45) is 3.40. The van der Waals surface area contributed by atoms with Crippen LogP contribution in [0.2, 0.25) is 10.0 Å². The van der Waals surface area contributed by atoms with E-state index in [9.17, 15) is 0 Å². The average molecular weight is 504 g/mol. The molecule has 2 aromatic carbocycles. The molecule has 0 atom stereocenters. The molecule has 0 bridgehead atoms. The summed E-state index contributed by atoms with van der Waals surface area (Å²) < 4.78 is 9.05. The summed E-state index contributed by atoms with van der Waals surface area (Å²) in [6, 6.07) is 13.4. The van der Waals surface area contributed by atoms with Gasteiger partial charge in [0.25, 0.3) is 5.89 Å². The van der Waals surface area contributed by atoms with Crippen molar-refractivity contribution in [2.24, 2.45) is 0 Å². The molecule has 5 nitrogen and oxygen atoms in total. The van der Waals surface area contributed by atoms with E-state index in [0.717, 1.165) is 34.3 Å². The summed E-state index contributed by atoms with van der Waals surface area (Å²) >= 11 is 16.1. The zero-order valence-corrected chi connectivity index (χ0v) is 19.2. The second-order valence-electron chi connectivity index (χ2n) is 7.38. The van der Waals surface area contributed by atoms with Gasteiger partial charge in [-0.2, -0.15) is 0 Å². The fourth-order valence-electron chi connectivity index (χ4n) is 3.61. The summed E-state index contributed by atoms with van der Waals surface area (Å²) in [5.74, 6) is 2.18. The Balaban J connectivity index is 1.69. The molecule has 0 spiro atoms. The largest absolute Gasteiger partial charge is 0.419 e. The molecule has 2 heterocycles. The Morgan fingerprint density at radius 3 is 2.50 bits per heavy atom. The van der Waals surface area contributed by atoms with Gasteiger partial charge in [-0.15, -0.1) is 10.2 Å². The molecule has 1 aliphatic carbocycles. The number of halogens is 3. The molecule has 152 valence electrons. The summed E-state index contributed by atoms with van der Waals surface area (Å²) in [5, 5.41) is 9.65. The number of hydrogen-bond acceptors (Lipinski definition) is 4. The maximum absolute atomic E-state index is 6.53. The second-order valence-corrected chi connectivity index (χ2v) is 9.14. The van der Waals surface area contributed by atoms with Gasteiger partial charge in [0.15, 0.2) is 0 Å². The van der Waals surface area contributed by atoms with Crippen molar-refractivity contribution in [2.75, 3.05) is 0 Å². The minimum absolute atomic E-state index is 0.366. The first-order valence-corrected chi connectivity index (χ1v) is 11.2. The highest BCUT2D eigenvalue weighted by Crippen LogP contribution is 2.39. The third kappa shape index (κ3) is 3.47. The fraction of sp³-hybridized carbons (Fsp3) is 0.227. The van der Waals surface area contributed by atoms with E-state index in [0.29, 0.717) is 39.3 Å². The van der Waals surface area contributed by atoms with Crippen LogP contribution in [-0.2, 0) is 0 Å². The predicted octanol–water partition coefficient (Wildman–Crippen LogP) is 7.23. The van der Waals surface area contributed by atoms with Gasteiger partial charge >= 0.3 is 0 Å². The fourth-order valence-corrected chi connectivity index (χ4v) is 4.37. The zero-order valence-electron chi connectivity index (χ0n) is 16.1. The Kier molecular flexibility index (Phi) is 5.17. The standard InChI is InChI=1S/C22H17BrCl2N4O/c1-12-19(22-28-27-21(30-22)13-3-2-4-13)26-20(17-10-7-15(24)11-18(17)25)29(12)16-8-5-14(23)6-9-16/h5-11,13H,2-4H2,1H3. The lowest BCUT2D eigenvalue weighted by molar-refractivity contribution is 0.338. The van der Waals surface area contributed by atoms with Gasteiger partial charge in [0.05, 0.1) is 10.7 Å². The third-order valence-electron chi connectivity index (χ3n) is 5.46. The van der Waals surface area contributed by atoms with Crippen LogP contribution in [0.4, 0.5) is 0 Å². The third-order valence-corrected chi connectivity index (χ3v) is 6.54. The molecule has 0 aliphatic heterocycles. The van der Waals surface area contributed by atoms with Crippen molar-refractivity contribution in [3.8, 4) is 28.7 Å². The number of benzene rings is 2. The first kappa shape index (κ1) is 19.8. The van der Waals surface area contributed by atoms with Crippen molar-refractivity contribution in [1.82, 2.24) is 19.7 Å². The monoisotopic (exact) mass is 502 g/mol. The molecule has 5 rings (SSSR count). The van der Waals surface area contributed by atoms with Gasteiger partial charge in [-0.05, 0) is 62.2 Å². The first-order chi connectivity index (χ1) is 14.5. The van der Waals surface area contributed by atoms with Crippen LogP contribution in [-0.4, -0.2) is 19.7 Å². The van der Waals surface area contributed by atoms with E-state index in [1.165, 1.54) is 6.42 Å². The van der Waals surface area contributed by atoms with Crippen molar-refractivity contribution >= 4 is 39.1 Å². The molecule has 2 aromatic heterocycles. The van der Waals surface area contributed by atoms with Crippen LogP contribution in [0.3, 0.4) is 0 Å². The molecule has 1 saturated carbocycles. The number of rotatable bonds is 4. The molecule has 4 aromatic rings. The van der Waals surface area contributed by atoms with Gasteiger partial charge in [0, 0.05) is 26.7 Å². The molecule has 30 heavy (non-hydrogen) atoms. The van der Waals surface area contributed by atoms with Crippen LogP contribution in [0.15, 0.2) is 51.4 Å². The minimum atomic E-state index is 0.366. The van der Waals surface area contributed by atoms with E-state index < -0.39 is 0 Å². The van der Waals surface area contributed by atoms with E-state index in [-0.39, 0.29) is 0 Å². The maximum atomic E-state index is 6.53. The number of imidazole rings is 1. The first-order valence-electron chi connectivity index (χ1n) is 9.66. The van der Waals surface area contributed by atoms with Gasteiger partial charge in [-0.25, -0.2) is 4.98 Å². The van der Waals surface area contributed by atoms with Crippen LogP contribution < -0.4 is 0 Å². The predicted molar refractivity (Wildman–Crippen MR) is 121 cm³/mol. The Labute approximate surface area is 192 Å². The Hall–Kier alpha value is -2.15. The summed E-state index contributed by atoms with van der Waals surface area (Å²) in [5.41, 5.74) is 3.27. The van der Waals surface area contributed by atoms with Crippen LogP contribution in [0.25, 0.3) is 28.7 Å². The van der Waals surface area contributed by atoms with Crippen molar-refractivity contribution in [3.63, 3.8) is 0 Å². The molecule has 0 saturated heterocycles. The lowest BCUT2D eigenvalue weighted by Crippen LogP contribution is -2.08. The van der Waals surface area contributed by atoms with Crippen LogP contribution in [0.1, 0.15) is 36.8 Å². The van der Waals surface area contributed by atoms with E-state index in [4.69, 9.17) is 32.6 Å². The lowest BCUT2D eigenvalue weighted by Gasteiger charge is -2.20. The summed E-state index contributed by atoms with van der Waals surface area (Å²) in [7, 11) is 0. The number of aromatic nitrogens is 4. The highest BCUT2D eigenvalue weighted by molar-refractivity contribution is 9.10. The number of nitrogens with zero attached hydrogens (tertiary/aromatic N) is 4. The Morgan fingerprint density at radius 2 is 1.83 bits per heavy atom. The molecule has 0 N–H and O–H groups in total. The van der Waals surface area contributed by atoms with Crippen molar-refractivity contribution in [1.29, 1.82) is 0 Å². The molecule has 0 amide bonds. The topological polar surface area (TPSA) is 56.7 Å². The van der Waals surface area contributed by atoms with Gasteiger partial charge < -0.3 is 4.42 Å². The molecular formula is C22H17BrCl2N4O. The van der Waals surface area contributed by atoms with E-state index >= 15 is 0 Å². The lowest BCUT2D eigenvalue weighted by atomic mass is 9.85. The van der Waals surface area contributed by atoms with Gasteiger partial charge in [0.1, 0.15) is 11.5 Å². The summed E-state index contributed by atoms with van der Waals surface area (Å²) in [4.78, 5) is 4.88. The molecule has 0 radical (unpaired) electrons. The van der Waals surface area contributed by atoms with Gasteiger partial charge in [0.2, 0.25) is 5.89 Å². The quantitative estimate of drug-likeness (QED) is 0.294.